The highest BCUT2D eigenvalue weighted by Crippen LogP contribution is 2.03. The molecule has 0 saturated carbocycles. The van der Waals surface area contributed by atoms with Gasteiger partial charge in [0.25, 0.3) is 0 Å². The van der Waals surface area contributed by atoms with Crippen LogP contribution in [0.3, 0.4) is 0 Å². The molecule has 0 aliphatic rings. The van der Waals surface area contributed by atoms with Gasteiger partial charge in [-0.05, 0) is 19.9 Å². The zero-order valence-electron chi connectivity index (χ0n) is 8.41. The fourth-order valence-electron chi connectivity index (χ4n) is 1.02. The zero-order valence-corrected chi connectivity index (χ0v) is 8.41. The molecule has 0 spiro atoms. The number of carbonyl (C=O) groups is 1. The Balaban J connectivity index is 2.42. The first-order valence-electron chi connectivity index (χ1n) is 4.56. The molecule has 76 valence electrons. The molecule has 1 N–H and O–H groups in total. The summed E-state index contributed by atoms with van der Waals surface area (Å²) in [5, 5.41) is 0. The molecule has 0 radical (unpaired) electrons. The fourth-order valence-corrected chi connectivity index (χ4v) is 1.02. The zero-order chi connectivity index (χ0) is 10.4. The summed E-state index contributed by atoms with van der Waals surface area (Å²) in [5.74, 6) is -0.211. The first-order valence-corrected chi connectivity index (χ1v) is 4.56. The molecule has 1 heterocycles. The third-order valence-electron chi connectivity index (χ3n) is 1.73. The van der Waals surface area contributed by atoms with E-state index in [1.807, 2.05) is 13.0 Å². The van der Waals surface area contributed by atoms with Gasteiger partial charge in [-0.25, -0.2) is 4.98 Å². The quantitative estimate of drug-likeness (QED) is 0.742. The predicted molar refractivity (Wildman–Crippen MR) is 53.6 cm³/mol. The molecule has 1 rings (SSSR count). The molecule has 0 amide bonds. The molecule has 4 heteroatoms. The van der Waals surface area contributed by atoms with Crippen molar-refractivity contribution in [2.45, 2.75) is 20.3 Å². The summed E-state index contributed by atoms with van der Waals surface area (Å²) in [6.07, 6.45) is 5.48. The normalized spacial score (nSPS) is 10.7. The topological polar surface area (TPSA) is 55.0 Å². The molecular weight excluding hydrogens is 180 g/mol. The van der Waals surface area contributed by atoms with E-state index in [0.29, 0.717) is 13.0 Å². The summed E-state index contributed by atoms with van der Waals surface area (Å²) >= 11 is 0. The van der Waals surface area contributed by atoms with Crippen LogP contribution in [-0.4, -0.2) is 22.5 Å². The van der Waals surface area contributed by atoms with Gasteiger partial charge in [-0.15, -0.1) is 0 Å². The summed E-state index contributed by atoms with van der Waals surface area (Å²) < 4.78 is 4.77. The molecule has 0 aliphatic carbocycles. The summed E-state index contributed by atoms with van der Waals surface area (Å²) in [6.45, 7) is 4.14. The van der Waals surface area contributed by atoms with E-state index in [1.165, 1.54) is 0 Å². The molecule has 0 saturated heterocycles. The fraction of sp³-hybridized carbons (Fsp3) is 0.400. The third kappa shape index (κ3) is 3.05. The number of hydrogen-bond donors (Lipinski definition) is 1. The van der Waals surface area contributed by atoms with Crippen molar-refractivity contribution in [3.63, 3.8) is 0 Å². The lowest BCUT2D eigenvalue weighted by molar-refractivity contribution is -0.142. The summed E-state index contributed by atoms with van der Waals surface area (Å²) in [7, 11) is 0. The van der Waals surface area contributed by atoms with Crippen LogP contribution in [0.15, 0.2) is 12.4 Å². The molecule has 0 aromatic carbocycles. The van der Waals surface area contributed by atoms with E-state index < -0.39 is 0 Å². The lowest BCUT2D eigenvalue weighted by Gasteiger charge is -1.96. The molecule has 0 fully saturated rings. The van der Waals surface area contributed by atoms with Crippen LogP contribution in [0.1, 0.15) is 24.7 Å². The first-order chi connectivity index (χ1) is 6.74. The van der Waals surface area contributed by atoms with Crippen LogP contribution in [0.2, 0.25) is 0 Å². The maximum atomic E-state index is 11.0. The maximum absolute atomic E-state index is 11.0. The van der Waals surface area contributed by atoms with Crippen molar-refractivity contribution < 1.29 is 9.53 Å². The van der Waals surface area contributed by atoms with E-state index in [9.17, 15) is 4.79 Å². The van der Waals surface area contributed by atoms with Crippen molar-refractivity contribution in [3.8, 4) is 0 Å². The Morgan fingerprint density at radius 3 is 3.07 bits per heavy atom. The van der Waals surface area contributed by atoms with Gasteiger partial charge in [0, 0.05) is 5.69 Å². The molecule has 0 aliphatic heterocycles. The monoisotopic (exact) mass is 194 g/mol. The van der Waals surface area contributed by atoms with Crippen LogP contribution < -0.4 is 0 Å². The van der Waals surface area contributed by atoms with E-state index in [0.717, 1.165) is 11.4 Å². The number of aromatic amines is 1. The van der Waals surface area contributed by atoms with Crippen LogP contribution in [0.25, 0.3) is 6.08 Å². The van der Waals surface area contributed by atoms with Gasteiger partial charge in [0.2, 0.25) is 0 Å². The molecule has 14 heavy (non-hydrogen) atoms. The smallest absolute Gasteiger partial charge is 0.309 e. The molecule has 0 bridgehead atoms. The third-order valence-corrected chi connectivity index (χ3v) is 1.73. The standard InChI is InChI=1S/C10H14N2O2/c1-3-14-10(13)6-4-5-9-8(2)11-7-12-9/h4-5,7H,3,6H2,1-2H3,(H,11,12). The second-order valence-corrected chi connectivity index (χ2v) is 2.82. The molecule has 1 aromatic rings. The molecule has 0 atom stereocenters. The van der Waals surface area contributed by atoms with Crippen molar-refractivity contribution in [3.05, 3.63) is 23.8 Å². The van der Waals surface area contributed by atoms with E-state index in [1.54, 1.807) is 19.3 Å². The minimum Gasteiger partial charge on any atom is -0.466 e. The van der Waals surface area contributed by atoms with Crippen molar-refractivity contribution in [2.75, 3.05) is 6.61 Å². The summed E-state index contributed by atoms with van der Waals surface area (Å²) in [4.78, 5) is 18.0. The lowest BCUT2D eigenvalue weighted by Crippen LogP contribution is -2.01. The van der Waals surface area contributed by atoms with Gasteiger partial charge in [-0.1, -0.05) is 6.08 Å². The number of carbonyl (C=O) groups excluding carboxylic acids is 1. The molecule has 4 nitrogen and oxygen atoms in total. The van der Waals surface area contributed by atoms with E-state index in [2.05, 4.69) is 9.97 Å². The van der Waals surface area contributed by atoms with Gasteiger partial charge in [0.1, 0.15) is 0 Å². The number of ether oxygens (including phenoxy) is 1. The van der Waals surface area contributed by atoms with Gasteiger partial charge in [-0.3, -0.25) is 4.79 Å². The molecule has 0 unspecified atom stereocenters. The highest BCUT2D eigenvalue weighted by molar-refractivity contribution is 5.72. The average Bonchev–Trinajstić information content (AvgIpc) is 2.52. The predicted octanol–water partition coefficient (Wildman–Crippen LogP) is 1.68. The number of rotatable bonds is 4. The SMILES string of the molecule is CCOC(=O)CC=Cc1nc[nH]c1C. The second-order valence-electron chi connectivity index (χ2n) is 2.82. The van der Waals surface area contributed by atoms with Crippen molar-refractivity contribution in [2.24, 2.45) is 0 Å². The van der Waals surface area contributed by atoms with Crippen LogP contribution in [0, 0.1) is 6.92 Å². The van der Waals surface area contributed by atoms with Crippen LogP contribution in [-0.2, 0) is 9.53 Å². The van der Waals surface area contributed by atoms with Gasteiger partial charge in [0.15, 0.2) is 0 Å². The Morgan fingerprint density at radius 2 is 2.50 bits per heavy atom. The van der Waals surface area contributed by atoms with E-state index in [-0.39, 0.29) is 5.97 Å². The number of H-pyrrole nitrogens is 1. The Hall–Kier alpha value is -1.58. The van der Waals surface area contributed by atoms with Gasteiger partial charge in [-0.2, -0.15) is 0 Å². The Bertz CT molecular complexity index is 329. The van der Waals surface area contributed by atoms with Crippen LogP contribution >= 0.6 is 0 Å². The van der Waals surface area contributed by atoms with Crippen molar-refractivity contribution in [1.82, 2.24) is 9.97 Å². The van der Waals surface area contributed by atoms with Gasteiger partial charge >= 0.3 is 5.97 Å². The number of nitrogens with zero attached hydrogens (tertiary/aromatic N) is 1. The second kappa shape index (κ2) is 5.21. The summed E-state index contributed by atoms with van der Waals surface area (Å²) in [6, 6.07) is 0. The van der Waals surface area contributed by atoms with Crippen LogP contribution in [0.5, 0.6) is 0 Å². The highest BCUT2D eigenvalue weighted by atomic mass is 16.5. The lowest BCUT2D eigenvalue weighted by atomic mass is 10.3. The Labute approximate surface area is 83.0 Å². The van der Waals surface area contributed by atoms with Gasteiger partial charge < -0.3 is 9.72 Å². The van der Waals surface area contributed by atoms with Crippen molar-refractivity contribution >= 4 is 12.0 Å². The minimum absolute atomic E-state index is 0.211. The highest BCUT2D eigenvalue weighted by Gasteiger charge is 1.98. The minimum atomic E-state index is -0.211. The Morgan fingerprint density at radius 1 is 1.71 bits per heavy atom. The number of aromatic nitrogens is 2. The summed E-state index contributed by atoms with van der Waals surface area (Å²) in [5.41, 5.74) is 1.85. The number of nitrogens with one attached hydrogen (secondary N) is 1. The number of esters is 1. The van der Waals surface area contributed by atoms with Gasteiger partial charge in [0.05, 0.1) is 25.0 Å². The number of aryl methyl sites for hydroxylation is 1. The van der Waals surface area contributed by atoms with E-state index >= 15 is 0 Å². The van der Waals surface area contributed by atoms with E-state index in [4.69, 9.17) is 4.74 Å². The number of hydrogen-bond acceptors (Lipinski definition) is 3. The van der Waals surface area contributed by atoms with Crippen molar-refractivity contribution in [1.29, 1.82) is 0 Å². The number of imidazole rings is 1. The largest absolute Gasteiger partial charge is 0.466 e. The average molecular weight is 194 g/mol. The molecule has 1 aromatic heterocycles. The first kappa shape index (κ1) is 10.5. The Kier molecular flexibility index (Phi) is 3.91. The maximum Gasteiger partial charge on any atom is 0.309 e. The molecular formula is C10H14N2O2. The van der Waals surface area contributed by atoms with Crippen LogP contribution in [0.4, 0.5) is 0 Å².